The maximum absolute atomic E-state index is 4.38. The second kappa shape index (κ2) is 7.48. The van der Waals surface area contributed by atoms with Crippen molar-refractivity contribution in [1.82, 2.24) is 8.24 Å². The number of hydrogen-bond acceptors (Lipinski definition) is 2. The van der Waals surface area contributed by atoms with Crippen LogP contribution in [0.5, 0.6) is 0 Å². The van der Waals surface area contributed by atoms with Gasteiger partial charge in [0.25, 0.3) is 0 Å². The van der Waals surface area contributed by atoms with Gasteiger partial charge in [0.2, 0.25) is 0 Å². The van der Waals surface area contributed by atoms with Crippen LogP contribution >= 0.6 is 40.7 Å². The number of hydrogen-bond donors (Lipinski definition) is 1. The van der Waals surface area contributed by atoms with Crippen LogP contribution in [-0.4, -0.2) is 17.4 Å². The van der Waals surface area contributed by atoms with Crippen LogP contribution in [0.2, 0.25) is 9.26 Å². The second-order valence-corrected chi connectivity index (χ2v) is 38.4. The number of rotatable bonds is 2. The zero-order valence-corrected chi connectivity index (χ0v) is 22.5. The van der Waals surface area contributed by atoms with E-state index in [1.54, 1.807) is 0 Å². The van der Waals surface area contributed by atoms with Crippen LogP contribution < -0.4 is 3.26 Å². The Morgan fingerprint density at radius 3 is 2.32 bits per heavy atom. The molecular weight excluding hydrogens is 514 g/mol. The van der Waals surface area contributed by atoms with Gasteiger partial charge < -0.3 is 0 Å². The van der Waals surface area contributed by atoms with Gasteiger partial charge in [0.1, 0.15) is 0 Å². The summed E-state index contributed by atoms with van der Waals surface area (Å²) >= 11 is 0.448. The van der Waals surface area contributed by atoms with Gasteiger partial charge in [-0.25, -0.2) is 0 Å². The van der Waals surface area contributed by atoms with Crippen LogP contribution in [0.3, 0.4) is 0 Å². The third-order valence-electron chi connectivity index (χ3n) is 4.49. The molecule has 0 aliphatic heterocycles. The van der Waals surface area contributed by atoms with Gasteiger partial charge in [0.05, 0.1) is 0 Å². The molecule has 1 aliphatic rings. The zero-order valence-electron chi connectivity index (χ0n) is 15.4. The molecule has 1 aromatic heterocycles. The molecule has 1 aliphatic carbocycles. The Morgan fingerprint density at radius 2 is 1.72 bits per heavy atom. The molecule has 2 aromatic rings. The van der Waals surface area contributed by atoms with Crippen LogP contribution in [0.1, 0.15) is 35.5 Å². The number of nitrogens with zero attached hydrogens (tertiary/aromatic N) is 1. The minimum atomic E-state index is -3.22. The third kappa shape index (κ3) is 4.67. The first-order valence-corrected chi connectivity index (χ1v) is 22.4. The molecule has 0 fully saturated rings. The average molecular weight is 542 g/mol. The van der Waals surface area contributed by atoms with E-state index in [2.05, 4.69) is 85.4 Å². The SMILES string of the molecule is CC(C)(C)[NH][Zr]([CH3])([CH3])(=[SiH2])[CH]1c2ccncc2-c2ccc(Br)cc21.Cl.Cl. The van der Waals surface area contributed by atoms with Gasteiger partial charge >= 0.3 is 151 Å². The van der Waals surface area contributed by atoms with Crippen molar-refractivity contribution in [1.29, 1.82) is 0 Å². The van der Waals surface area contributed by atoms with Gasteiger partial charge in [-0.3, -0.25) is 0 Å². The van der Waals surface area contributed by atoms with Crippen molar-refractivity contribution in [2.45, 2.75) is 39.2 Å². The van der Waals surface area contributed by atoms with Crippen molar-refractivity contribution in [2.75, 3.05) is 0 Å². The fraction of sp³-hybridized carbons (Fsp3) is 0.389. The molecule has 1 N–H and O–H groups in total. The van der Waals surface area contributed by atoms with E-state index in [1.807, 2.05) is 12.4 Å². The van der Waals surface area contributed by atoms with Crippen molar-refractivity contribution in [3.05, 3.63) is 52.3 Å². The molecule has 1 unspecified atom stereocenters. The maximum atomic E-state index is 4.38. The van der Waals surface area contributed by atoms with E-state index in [0.717, 1.165) is 4.47 Å². The van der Waals surface area contributed by atoms with E-state index < -0.39 is 17.7 Å². The number of pyridine rings is 1. The number of aromatic nitrogens is 1. The number of fused-ring (bicyclic) bond motifs is 3. The minimum Gasteiger partial charge on any atom is -0.147 e. The third-order valence-corrected chi connectivity index (χ3v) is 18.4. The topological polar surface area (TPSA) is 24.9 Å². The van der Waals surface area contributed by atoms with Gasteiger partial charge in [0.15, 0.2) is 0 Å². The van der Waals surface area contributed by atoms with E-state index in [9.17, 15) is 0 Å². The molecule has 1 aromatic carbocycles. The molecule has 3 rings (SSSR count). The van der Waals surface area contributed by atoms with Crippen LogP contribution in [0, 0.1) is 0 Å². The summed E-state index contributed by atoms with van der Waals surface area (Å²) in [5, 5.41) is 0. The van der Waals surface area contributed by atoms with Crippen molar-refractivity contribution in [2.24, 2.45) is 0 Å². The first-order chi connectivity index (χ1) is 10.5. The van der Waals surface area contributed by atoms with Gasteiger partial charge in [-0.2, -0.15) is 0 Å². The smallest absolute Gasteiger partial charge is 0.147 e. The molecular formula is C18H27BrCl2N2SiZr. The van der Waals surface area contributed by atoms with Crippen molar-refractivity contribution >= 4 is 47.6 Å². The van der Waals surface area contributed by atoms with Crippen molar-refractivity contribution < 1.29 is 17.7 Å². The number of halogens is 3. The zero-order chi connectivity index (χ0) is 17.1. The summed E-state index contributed by atoms with van der Waals surface area (Å²) < 4.78 is 10.8. The molecule has 1 atom stereocenters. The quantitative estimate of drug-likeness (QED) is 0.516. The fourth-order valence-electron chi connectivity index (χ4n) is 4.37. The molecule has 25 heavy (non-hydrogen) atoms. The molecule has 0 spiro atoms. The first-order valence-electron chi connectivity index (χ1n) is 8.07. The van der Waals surface area contributed by atoms with Crippen LogP contribution in [-0.2, 0) is 17.7 Å². The summed E-state index contributed by atoms with van der Waals surface area (Å²) in [4.78, 5) is 4.38. The van der Waals surface area contributed by atoms with Gasteiger partial charge in [-0.15, -0.1) is 24.8 Å². The van der Waals surface area contributed by atoms with E-state index in [-0.39, 0.29) is 30.4 Å². The molecule has 0 radical (unpaired) electrons. The van der Waals surface area contributed by atoms with Crippen LogP contribution in [0.25, 0.3) is 11.1 Å². The summed E-state index contributed by atoms with van der Waals surface area (Å²) in [6.45, 7) is 9.12. The average Bonchev–Trinajstić information content (AvgIpc) is 2.69. The summed E-state index contributed by atoms with van der Waals surface area (Å²) in [6.07, 6.45) is 3.98. The second-order valence-electron chi connectivity index (χ2n) is 8.81. The molecule has 0 saturated heterocycles. The van der Waals surface area contributed by atoms with E-state index in [1.165, 1.54) is 22.3 Å². The van der Waals surface area contributed by atoms with E-state index in [0.29, 0.717) is 3.63 Å². The van der Waals surface area contributed by atoms with Crippen molar-refractivity contribution in [3.63, 3.8) is 0 Å². The summed E-state index contributed by atoms with van der Waals surface area (Å²) in [7, 11) is 0. The normalized spacial score (nSPS) is 16.4. The predicted octanol–water partition coefficient (Wildman–Crippen LogP) is 5.39. The summed E-state index contributed by atoms with van der Waals surface area (Å²) in [6, 6.07) is 8.93. The summed E-state index contributed by atoms with van der Waals surface area (Å²) in [5.41, 5.74) is 5.71. The van der Waals surface area contributed by atoms with Gasteiger partial charge in [0, 0.05) is 0 Å². The Morgan fingerprint density at radius 1 is 1.08 bits per heavy atom. The number of benzene rings is 1. The Kier molecular flexibility index (Phi) is 7.04. The molecule has 0 amide bonds. The Hall–Kier alpha value is 0.490. The minimum absolute atomic E-state index is 0. The Balaban J connectivity index is 0.00000156. The molecule has 2 nitrogen and oxygen atoms in total. The van der Waals surface area contributed by atoms with Crippen LogP contribution in [0.4, 0.5) is 0 Å². The van der Waals surface area contributed by atoms with E-state index in [4.69, 9.17) is 0 Å². The predicted molar refractivity (Wildman–Crippen MR) is 117 cm³/mol. The Bertz CT molecular complexity index is 858. The number of nitrogens with one attached hydrogen (secondary N) is 1. The molecule has 0 saturated carbocycles. The first kappa shape index (κ1) is 23.5. The summed E-state index contributed by atoms with van der Waals surface area (Å²) in [5.74, 6) is 0. The van der Waals surface area contributed by atoms with Crippen LogP contribution in [0.15, 0.2) is 41.1 Å². The largest absolute Gasteiger partial charge is 0.147 e. The maximum Gasteiger partial charge on any atom is -0.147 e. The fourth-order valence-corrected chi connectivity index (χ4v) is 23.0. The molecule has 7 heteroatoms. The van der Waals surface area contributed by atoms with Gasteiger partial charge in [-0.05, 0) is 0 Å². The molecule has 0 bridgehead atoms. The molecule has 1 heterocycles. The standard InChI is InChI=1S/C12H7BrN.C4H10N.2CH3.2ClH.H2Si.Zr/c13-10-1-2-11-9(6-10)5-8-3-4-14-7-12(8)11;1-4(2,3)5;;;;;;/h1-7H;5H,1-3H3;2*1H3;2*1H;1H2;/q;-1;;;;;;+1. The Labute approximate surface area is 174 Å². The monoisotopic (exact) mass is 538 g/mol. The van der Waals surface area contributed by atoms with Crippen molar-refractivity contribution in [3.8, 4) is 11.1 Å². The molecule has 138 valence electrons. The van der Waals surface area contributed by atoms with E-state index >= 15 is 0 Å². The van der Waals surface area contributed by atoms with Gasteiger partial charge in [-0.1, -0.05) is 0 Å².